The number of halogens is 1. The lowest BCUT2D eigenvalue weighted by Gasteiger charge is -2.17. The number of benzene rings is 1. The molecule has 0 unspecified atom stereocenters. The minimum absolute atomic E-state index is 0.0300. The second-order valence-corrected chi connectivity index (χ2v) is 9.51. The number of aliphatic hydroxyl groups excluding tert-OH is 3. The first-order valence-corrected chi connectivity index (χ1v) is 12.6. The van der Waals surface area contributed by atoms with Crippen molar-refractivity contribution < 1.29 is 34.0 Å². The van der Waals surface area contributed by atoms with Gasteiger partial charge in [-0.05, 0) is 24.1 Å². The van der Waals surface area contributed by atoms with E-state index in [1.165, 1.54) is 38.8 Å². The quantitative estimate of drug-likeness (QED) is 0.195. The standard InChI is InChI=1S/C24H26FN9O6/c25-14-3-1-13(2-4-14)7-32(12-36)17-8-34(31-30-17)24-28-21(27-15-5-6-39-10-15)18-22(29-24)33(11-26-18)23-20(38)19(37)16(9-35)40-23/h1-4,8,11-12,15-16,19-20,23,35,37-38H,5-7,9-10H2,(H,27,28,29)/t15-,16-,19-,20-,23-/m1/s1. The van der Waals surface area contributed by atoms with E-state index in [2.05, 4.69) is 30.6 Å². The third-order valence-corrected chi connectivity index (χ3v) is 6.85. The number of hydrogen-bond acceptors (Lipinski definition) is 12. The molecule has 0 saturated carbocycles. The average Bonchev–Trinajstić information content (AvgIpc) is 3.77. The van der Waals surface area contributed by atoms with E-state index in [1.54, 1.807) is 12.1 Å². The molecule has 40 heavy (non-hydrogen) atoms. The fraction of sp³-hybridized carbons (Fsp3) is 0.417. The van der Waals surface area contributed by atoms with Crippen molar-refractivity contribution in [2.45, 2.75) is 43.5 Å². The highest BCUT2D eigenvalue weighted by molar-refractivity contribution is 5.84. The van der Waals surface area contributed by atoms with E-state index >= 15 is 0 Å². The molecule has 2 aliphatic rings. The fourth-order valence-corrected chi connectivity index (χ4v) is 4.69. The molecule has 5 atom stereocenters. The van der Waals surface area contributed by atoms with Gasteiger partial charge in [0.05, 0.1) is 38.3 Å². The van der Waals surface area contributed by atoms with Gasteiger partial charge in [0, 0.05) is 6.61 Å². The maximum absolute atomic E-state index is 13.3. The zero-order valence-electron chi connectivity index (χ0n) is 21.0. The lowest BCUT2D eigenvalue weighted by atomic mass is 10.1. The second kappa shape index (κ2) is 10.8. The van der Waals surface area contributed by atoms with Crippen LogP contribution >= 0.6 is 0 Å². The van der Waals surface area contributed by atoms with Gasteiger partial charge < -0.3 is 30.1 Å². The first-order chi connectivity index (χ1) is 19.4. The third kappa shape index (κ3) is 4.86. The van der Waals surface area contributed by atoms with Crippen LogP contribution in [0.25, 0.3) is 17.1 Å². The van der Waals surface area contributed by atoms with Crippen LogP contribution in [0.2, 0.25) is 0 Å². The molecule has 2 aliphatic heterocycles. The molecule has 2 fully saturated rings. The van der Waals surface area contributed by atoms with Gasteiger partial charge >= 0.3 is 0 Å². The van der Waals surface area contributed by atoms with Crippen LogP contribution in [0.4, 0.5) is 16.0 Å². The number of imidazole rings is 1. The summed E-state index contributed by atoms with van der Waals surface area (Å²) in [4.78, 5) is 26.7. The largest absolute Gasteiger partial charge is 0.394 e. The summed E-state index contributed by atoms with van der Waals surface area (Å²) >= 11 is 0. The smallest absolute Gasteiger partial charge is 0.256 e. The number of nitrogens with one attached hydrogen (secondary N) is 1. The summed E-state index contributed by atoms with van der Waals surface area (Å²) in [5.41, 5.74) is 1.32. The molecule has 3 aromatic heterocycles. The number of ether oxygens (including phenoxy) is 2. The van der Waals surface area contributed by atoms with Crippen LogP contribution in [-0.2, 0) is 20.8 Å². The number of hydrogen-bond donors (Lipinski definition) is 4. The van der Waals surface area contributed by atoms with Crippen LogP contribution in [-0.4, -0.2) is 100 Å². The summed E-state index contributed by atoms with van der Waals surface area (Å²) in [6.07, 6.45) is -0.505. The van der Waals surface area contributed by atoms with Gasteiger partial charge in [0.25, 0.3) is 5.95 Å². The van der Waals surface area contributed by atoms with Crippen LogP contribution in [0.3, 0.4) is 0 Å². The Kier molecular flexibility index (Phi) is 7.07. The Morgan fingerprint density at radius 3 is 2.73 bits per heavy atom. The predicted octanol–water partition coefficient (Wildman–Crippen LogP) is -0.479. The molecule has 6 rings (SSSR count). The van der Waals surface area contributed by atoms with Crippen molar-refractivity contribution in [2.24, 2.45) is 0 Å². The van der Waals surface area contributed by atoms with Crippen molar-refractivity contribution in [3.05, 3.63) is 48.2 Å². The molecule has 15 nitrogen and oxygen atoms in total. The van der Waals surface area contributed by atoms with Gasteiger partial charge in [-0.1, -0.05) is 17.3 Å². The molecule has 4 aromatic rings. The van der Waals surface area contributed by atoms with E-state index in [9.17, 15) is 24.5 Å². The van der Waals surface area contributed by atoms with Gasteiger partial charge in [0.15, 0.2) is 29.0 Å². The monoisotopic (exact) mass is 555 g/mol. The molecule has 16 heteroatoms. The number of nitrogens with zero attached hydrogens (tertiary/aromatic N) is 8. The molecule has 0 radical (unpaired) electrons. The Morgan fingerprint density at radius 1 is 1.20 bits per heavy atom. The Hall–Kier alpha value is -4.09. The van der Waals surface area contributed by atoms with Gasteiger partial charge in [0.2, 0.25) is 6.41 Å². The number of aromatic nitrogens is 7. The number of amides is 1. The highest BCUT2D eigenvalue weighted by atomic mass is 19.1. The van der Waals surface area contributed by atoms with E-state index in [0.717, 1.165) is 6.42 Å². The van der Waals surface area contributed by atoms with Crippen LogP contribution in [0.1, 0.15) is 18.2 Å². The lowest BCUT2D eigenvalue weighted by molar-refractivity contribution is -0.107. The summed E-state index contributed by atoms with van der Waals surface area (Å²) in [5, 5.41) is 41.9. The molecule has 0 aliphatic carbocycles. The van der Waals surface area contributed by atoms with Crippen LogP contribution in [0.15, 0.2) is 36.8 Å². The molecule has 4 N–H and O–H groups in total. The summed E-state index contributed by atoms with van der Waals surface area (Å²) in [6.45, 7) is 0.719. The molecule has 0 spiro atoms. The van der Waals surface area contributed by atoms with Crippen molar-refractivity contribution in [2.75, 3.05) is 30.0 Å². The van der Waals surface area contributed by atoms with Crippen molar-refractivity contribution in [3.8, 4) is 5.95 Å². The van der Waals surface area contributed by atoms with E-state index in [-0.39, 0.29) is 35.8 Å². The number of anilines is 2. The molecule has 2 saturated heterocycles. The number of fused-ring (bicyclic) bond motifs is 1. The van der Waals surface area contributed by atoms with Gasteiger partial charge in [0.1, 0.15) is 24.1 Å². The zero-order valence-corrected chi connectivity index (χ0v) is 21.0. The zero-order chi connectivity index (χ0) is 27.8. The van der Waals surface area contributed by atoms with Crippen molar-refractivity contribution in [3.63, 3.8) is 0 Å². The first kappa shape index (κ1) is 26.1. The predicted molar refractivity (Wildman–Crippen MR) is 135 cm³/mol. The van der Waals surface area contributed by atoms with Crippen molar-refractivity contribution in [1.82, 2.24) is 34.5 Å². The van der Waals surface area contributed by atoms with E-state index in [1.807, 2.05) is 0 Å². The van der Waals surface area contributed by atoms with E-state index < -0.39 is 31.1 Å². The second-order valence-electron chi connectivity index (χ2n) is 9.51. The number of carbonyl (C=O) groups excluding carboxylic acids is 1. The Bertz CT molecular complexity index is 1490. The summed E-state index contributed by atoms with van der Waals surface area (Å²) in [6, 6.07) is 5.71. The maximum atomic E-state index is 13.3. The minimum Gasteiger partial charge on any atom is -0.394 e. The van der Waals surface area contributed by atoms with Crippen molar-refractivity contribution in [1.29, 1.82) is 0 Å². The van der Waals surface area contributed by atoms with Crippen molar-refractivity contribution >= 4 is 29.2 Å². The molecule has 1 aromatic carbocycles. The molecule has 5 heterocycles. The number of carbonyl (C=O) groups is 1. The summed E-state index contributed by atoms with van der Waals surface area (Å²) in [5.74, 6) is 0.272. The van der Waals surface area contributed by atoms with E-state index in [4.69, 9.17) is 9.47 Å². The summed E-state index contributed by atoms with van der Waals surface area (Å²) < 4.78 is 27.2. The molecular formula is C24H26FN9O6. The normalized spacial score (nSPS) is 24.6. The summed E-state index contributed by atoms with van der Waals surface area (Å²) in [7, 11) is 0. The Balaban J connectivity index is 1.37. The Morgan fingerprint density at radius 2 is 2.02 bits per heavy atom. The van der Waals surface area contributed by atoms with E-state index in [0.29, 0.717) is 36.5 Å². The molecule has 210 valence electrons. The van der Waals surface area contributed by atoms with Gasteiger partial charge in [-0.15, -0.1) is 5.10 Å². The number of rotatable bonds is 9. The molecule has 0 bridgehead atoms. The number of aliphatic hydroxyl groups is 3. The average molecular weight is 556 g/mol. The Labute approximate surface area is 225 Å². The van der Waals surface area contributed by atoms with Crippen LogP contribution in [0.5, 0.6) is 0 Å². The van der Waals surface area contributed by atoms with Crippen LogP contribution in [0, 0.1) is 5.82 Å². The third-order valence-electron chi connectivity index (χ3n) is 6.85. The topological polar surface area (TPSA) is 186 Å². The van der Waals surface area contributed by atoms with Gasteiger partial charge in [-0.2, -0.15) is 14.6 Å². The highest BCUT2D eigenvalue weighted by Gasteiger charge is 2.44. The molecule has 1 amide bonds. The van der Waals surface area contributed by atoms with Gasteiger partial charge in [-0.25, -0.2) is 9.37 Å². The minimum atomic E-state index is -1.35. The highest BCUT2D eigenvalue weighted by Crippen LogP contribution is 2.33. The lowest BCUT2D eigenvalue weighted by Crippen LogP contribution is -2.33. The maximum Gasteiger partial charge on any atom is 0.256 e. The first-order valence-electron chi connectivity index (χ1n) is 12.6. The van der Waals surface area contributed by atoms with Gasteiger partial charge in [-0.3, -0.25) is 14.3 Å². The fourth-order valence-electron chi connectivity index (χ4n) is 4.69. The van der Waals surface area contributed by atoms with Crippen LogP contribution < -0.4 is 10.2 Å². The molecular weight excluding hydrogens is 529 g/mol. The SMILES string of the molecule is O=CN(Cc1ccc(F)cc1)c1cn(-c2nc(N[C@@H]3CCOC3)c3ncn([C@@H]4O[C@H](CO)[C@@H](O)[C@H]4O)c3n2)nn1.